The fraction of sp³-hybridized carbons (Fsp3) is 0.421. The number of anilines is 1. The molecule has 0 bridgehead atoms. The van der Waals surface area contributed by atoms with Crippen LogP contribution in [0, 0.1) is 0 Å². The van der Waals surface area contributed by atoms with E-state index in [1.165, 1.54) is 12.8 Å². The van der Waals surface area contributed by atoms with Crippen molar-refractivity contribution in [1.82, 2.24) is 35.0 Å². The van der Waals surface area contributed by atoms with Gasteiger partial charge in [-0.2, -0.15) is 5.10 Å². The number of likely N-dealkylation sites (tertiary alicyclic amines) is 1. The van der Waals surface area contributed by atoms with Gasteiger partial charge in [-0.3, -0.25) is 5.10 Å². The average Bonchev–Trinajstić information content (AvgIpc) is 3.46. The molecule has 29 heavy (non-hydrogen) atoms. The van der Waals surface area contributed by atoms with Crippen molar-refractivity contribution < 1.29 is 0 Å². The number of H-pyrrole nitrogens is 1. The molecule has 0 aliphatic carbocycles. The maximum Gasteiger partial charge on any atom is 0.188 e. The highest BCUT2D eigenvalue weighted by atomic mass is 32.1. The Bertz CT molecular complexity index is 1070. The zero-order valence-corrected chi connectivity index (χ0v) is 18.2. The lowest BCUT2D eigenvalue weighted by molar-refractivity contribution is 0.181. The third-order valence-corrected chi connectivity index (χ3v) is 7.82. The second kappa shape index (κ2) is 7.43. The molecule has 1 aliphatic heterocycles. The van der Waals surface area contributed by atoms with Gasteiger partial charge >= 0.3 is 0 Å². The Labute approximate surface area is 176 Å². The van der Waals surface area contributed by atoms with Crippen LogP contribution in [0.5, 0.6) is 0 Å². The molecule has 1 fully saturated rings. The van der Waals surface area contributed by atoms with E-state index in [4.69, 9.17) is 9.97 Å². The molecular weight excluding hydrogens is 404 g/mol. The van der Waals surface area contributed by atoms with Gasteiger partial charge in [0.2, 0.25) is 0 Å². The summed E-state index contributed by atoms with van der Waals surface area (Å²) in [6.45, 7) is 3.43. The monoisotopic (exact) mass is 426 g/mol. The number of hydrogen-bond donors (Lipinski definition) is 1. The molecule has 4 aromatic rings. The number of rotatable bonds is 4. The molecule has 0 saturated carbocycles. The van der Waals surface area contributed by atoms with Crippen LogP contribution in [-0.4, -0.2) is 67.8 Å². The van der Waals surface area contributed by atoms with E-state index in [9.17, 15) is 0 Å². The Morgan fingerprint density at radius 3 is 2.59 bits per heavy atom. The van der Waals surface area contributed by atoms with Gasteiger partial charge in [-0.05, 0) is 26.8 Å². The largest absolute Gasteiger partial charge is 0.348 e. The highest BCUT2D eigenvalue weighted by Crippen LogP contribution is 2.37. The number of thiazole rings is 2. The van der Waals surface area contributed by atoms with Crippen molar-refractivity contribution in [2.75, 3.05) is 25.5 Å². The number of hydrogen-bond acceptors (Lipinski definition) is 9. The van der Waals surface area contributed by atoms with Gasteiger partial charge in [-0.15, -0.1) is 0 Å². The number of piperidine rings is 1. The highest BCUT2D eigenvalue weighted by Gasteiger charge is 2.27. The fourth-order valence-corrected chi connectivity index (χ4v) is 5.69. The van der Waals surface area contributed by atoms with Crippen molar-refractivity contribution in [1.29, 1.82) is 0 Å². The number of nitrogens with zero attached hydrogens (tertiary/aromatic N) is 7. The second-order valence-electron chi connectivity index (χ2n) is 7.53. The Morgan fingerprint density at radius 1 is 1.10 bits per heavy atom. The standard InChI is InChI=1S/C19H22N8S2/c1-11-6-14(4-5-26(11)2)27(3)19-25-18-17(29-19)24-16(28-18)13-7-20-15(21-8-13)12-9-22-23-10-12/h7-11,14H,4-6H2,1-3H3,(H,22,23). The van der Waals surface area contributed by atoms with Crippen molar-refractivity contribution in [3.8, 4) is 22.0 Å². The van der Waals surface area contributed by atoms with E-state index in [-0.39, 0.29) is 0 Å². The van der Waals surface area contributed by atoms with Crippen LogP contribution < -0.4 is 4.90 Å². The zero-order valence-electron chi connectivity index (χ0n) is 16.5. The molecule has 0 spiro atoms. The Kier molecular flexibility index (Phi) is 4.76. The lowest BCUT2D eigenvalue weighted by Gasteiger charge is -2.39. The number of nitrogens with one attached hydrogen (secondary N) is 1. The molecule has 2 unspecified atom stereocenters. The molecule has 1 N–H and O–H groups in total. The van der Waals surface area contributed by atoms with Crippen molar-refractivity contribution in [3.05, 3.63) is 24.8 Å². The Hall–Kier alpha value is -2.43. The topological polar surface area (TPSA) is 86.7 Å². The van der Waals surface area contributed by atoms with Crippen molar-refractivity contribution in [3.63, 3.8) is 0 Å². The summed E-state index contributed by atoms with van der Waals surface area (Å²) in [7, 11) is 4.37. The molecule has 4 aromatic heterocycles. The number of fused-ring (bicyclic) bond motifs is 1. The van der Waals surface area contributed by atoms with Gasteiger partial charge in [0.15, 0.2) is 20.6 Å². The molecule has 150 valence electrons. The average molecular weight is 427 g/mol. The predicted octanol–water partition coefficient (Wildman–Crippen LogP) is 3.52. The summed E-state index contributed by atoms with van der Waals surface area (Å²) < 4.78 is 0. The minimum Gasteiger partial charge on any atom is -0.348 e. The quantitative estimate of drug-likeness (QED) is 0.534. The van der Waals surface area contributed by atoms with Crippen LogP contribution in [0.2, 0.25) is 0 Å². The van der Waals surface area contributed by atoms with E-state index in [2.05, 4.69) is 51.0 Å². The molecule has 10 heteroatoms. The minimum atomic E-state index is 0.532. The van der Waals surface area contributed by atoms with Crippen LogP contribution >= 0.6 is 22.7 Å². The number of aromatic nitrogens is 6. The van der Waals surface area contributed by atoms with E-state index in [1.807, 2.05) is 12.4 Å². The molecule has 1 saturated heterocycles. The van der Waals surface area contributed by atoms with Crippen molar-refractivity contribution in [2.24, 2.45) is 0 Å². The summed E-state index contributed by atoms with van der Waals surface area (Å²) in [5, 5.41) is 8.67. The van der Waals surface area contributed by atoms with Gasteiger partial charge in [0.25, 0.3) is 0 Å². The normalized spacial score (nSPS) is 20.4. The lowest BCUT2D eigenvalue weighted by Crippen LogP contribution is -2.46. The van der Waals surface area contributed by atoms with Crippen molar-refractivity contribution in [2.45, 2.75) is 31.8 Å². The minimum absolute atomic E-state index is 0.532. The SMILES string of the molecule is CC1CC(N(C)c2nc3sc(-c4cnc(-c5cn[nH]c5)nc4)nc3s2)CCN1C. The second-order valence-corrected chi connectivity index (χ2v) is 9.46. The third kappa shape index (κ3) is 3.52. The highest BCUT2D eigenvalue weighted by molar-refractivity contribution is 7.29. The maximum absolute atomic E-state index is 4.87. The summed E-state index contributed by atoms with van der Waals surface area (Å²) in [4.78, 5) is 25.3. The molecule has 0 aromatic carbocycles. The van der Waals surface area contributed by atoms with Gasteiger partial charge in [0, 0.05) is 49.8 Å². The van der Waals surface area contributed by atoms with Crippen LogP contribution in [-0.2, 0) is 0 Å². The van der Waals surface area contributed by atoms with Gasteiger partial charge in [0.1, 0.15) is 5.01 Å². The first-order chi connectivity index (χ1) is 14.1. The lowest BCUT2D eigenvalue weighted by atomic mass is 9.98. The van der Waals surface area contributed by atoms with E-state index in [0.717, 1.165) is 37.5 Å². The molecule has 5 rings (SSSR count). The first-order valence-electron chi connectivity index (χ1n) is 9.60. The van der Waals surface area contributed by atoms with Crippen molar-refractivity contribution >= 4 is 37.5 Å². The van der Waals surface area contributed by atoms with Crippen LogP contribution in [0.4, 0.5) is 5.13 Å². The summed E-state index contributed by atoms with van der Waals surface area (Å²) in [6, 6.07) is 1.14. The van der Waals surface area contributed by atoms with Gasteiger partial charge < -0.3 is 9.80 Å². The molecule has 0 amide bonds. The molecule has 0 radical (unpaired) electrons. The van der Waals surface area contributed by atoms with E-state index in [1.54, 1.807) is 35.1 Å². The molecular formula is C19H22N8S2. The molecule has 1 aliphatic rings. The maximum atomic E-state index is 4.87. The third-order valence-electron chi connectivity index (χ3n) is 5.65. The molecule has 2 atom stereocenters. The van der Waals surface area contributed by atoms with Gasteiger partial charge in [-0.1, -0.05) is 22.7 Å². The first-order valence-corrected chi connectivity index (χ1v) is 11.2. The van der Waals surface area contributed by atoms with E-state index >= 15 is 0 Å². The summed E-state index contributed by atoms with van der Waals surface area (Å²) in [6.07, 6.45) is 9.45. The van der Waals surface area contributed by atoms with E-state index in [0.29, 0.717) is 17.9 Å². The summed E-state index contributed by atoms with van der Waals surface area (Å²) in [5.74, 6) is 0.648. The Morgan fingerprint density at radius 2 is 1.90 bits per heavy atom. The van der Waals surface area contributed by atoms with Gasteiger partial charge in [-0.25, -0.2) is 19.9 Å². The first kappa shape index (κ1) is 18.6. The molecule has 8 nitrogen and oxygen atoms in total. The van der Waals surface area contributed by atoms with E-state index < -0.39 is 0 Å². The molecule has 5 heterocycles. The van der Waals surface area contributed by atoms with Crippen LogP contribution in [0.25, 0.3) is 31.6 Å². The summed E-state index contributed by atoms with van der Waals surface area (Å²) >= 11 is 3.26. The zero-order chi connectivity index (χ0) is 20.0. The Balaban J connectivity index is 1.35. The van der Waals surface area contributed by atoms with Crippen LogP contribution in [0.15, 0.2) is 24.8 Å². The van der Waals surface area contributed by atoms with Crippen LogP contribution in [0.3, 0.4) is 0 Å². The van der Waals surface area contributed by atoms with Crippen LogP contribution in [0.1, 0.15) is 19.8 Å². The fourth-order valence-electron chi connectivity index (χ4n) is 3.64. The summed E-state index contributed by atoms with van der Waals surface area (Å²) in [5.41, 5.74) is 1.78. The van der Waals surface area contributed by atoms with Gasteiger partial charge in [0.05, 0.1) is 11.8 Å². The number of aromatic amines is 1. The smallest absolute Gasteiger partial charge is 0.188 e. The predicted molar refractivity (Wildman–Crippen MR) is 117 cm³/mol.